The van der Waals surface area contributed by atoms with Gasteiger partial charge in [-0.2, -0.15) is 0 Å². The fourth-order valence-electron chi connectivity index (χ4n) is 3.78. The summed E-state index contributed by atoms with van der Waals surface area (Å²) in [6.07, 6.45) is 5.15. The van der Waals surface area contributed by atoms with Crippen LogP contribution in [0.4, 0.5) is 5.69 Å². The normalized spacial score (nSPS) is 27.6. The molecule has 3 rings (SSSR count). The second-order valence-corrected chi connectivity index (χ2v) is 7.25. The molecule has 2 heteroatoms. The molecule has 1 heterocycles. The van der Waals surface area contributed by atoms with Crippen molar-refractivity contribution in [2.45, 2.75) is 70.9 Å². The van der Waals surface area contributed by atoms with Crippen molar-refractivity contribution >= 4 is 5.69 Å². The molecule has 0 bridgehead atoms. The topological polar surface area (TPSA) is 6.48 Å². The number of rotatable bonds is 4. The highest BCUT2D eigenvalue weighted by molar-refractivity contribution is 5.60. The Balaban J connectivity index is 2.05. The largest absolute Gasteiger partial charge is 0.361 e. The molecule has 21 heavy (non-hydrogen) atoms. The van der Waals surface area contributed by atoms with Crippen LogP contribution in [0.1, 0.15) is 70.4 Å². The van der Waals surface area contributed by atoms with Gasteiger partial charge in [0.1, 0.15) is 0 Å². The van der Waals surface area contributed by atoms with Crippen LogP contribution in [0.3, 0.4) is 0 Å². The summed E-state index contributed by atoms with van der Waals surface area (Å²) < 4.78 is 0. The molecule has 1 aromatic rings. The Morgan fingerprint density at radius 2 is 2.00 bits per heavy atom. The molecule has 1 aromatic carbocycles. The van der Waals surface area contributed by atoms with Gasteiger partial charge in [-0.1, -0.05) is 32.9 Å². The molecular formula is C19H30N2. The van der Waals surface area contributed by atoms with E-state index >= 15 is 0 Å². The first-order valence-corrected chi connectivity index (χ1v) is 8.63. The second kappa shape index (κ2) is 5.31. The highest BCUT2D eigenvalue weighted by Gasteiger charge is 2.45. The average molecular weight is 286 g/mol. The third-order valence-corrected chi connectivity index (χ3v) is 5.87. The summed E-state index contributed by atoms with van der Waals surface area (Å²) in [4.78, 5) is 5.19. The maximum atomic E-state index is 2.73. The number of benzene rings is 1. The monoisotopic (exact) mass is 286 g/mol. The summed E-state index contributed by atoms with van der Waals surface area (Å²) in [7, 11) is 2.25. The maximum absolute atomic E-state index is 2.73. The highest BCUT2D eigenvalue weighted by Crippen LogP contribution is 2.47. The van der Waals surface area contributed by atoms with Gasteiger partial charge in [0.2, 0.25) is 0 Å². The van der Waals surface area contributed by atoms with Crippen molar-refractivity contribution in [3.05, 3.63) is 29.3 Å². The zero-order chi connectivity index (χ0) is 15.2. The van der Waals surface area contributed by atoms with Crippen LogP contribution in [0.15, 0.2) is 18.2 Å². The predicted molar refractivity (Wildman–Crippen MR) is 90.9 cm³/mol. The predicted octanol–water partition coefficient (Wildman–Crippen LogP) is 4.70. The Morgan fingerprint density at radius 1 is 1.29 bits per heavy atom. The number of hydrogen-bond donors (Lipinski definition) is 0. The molecule has 0 spiro atoms. The van der Waals surface area contributed by atoms with Crippen LogP contribution < -0.4 is 4.90 Å². The van der Waals surface area contributed by atoms with Gasteiger partial charge >= 0.3 is 0 Å². The van der Waals surface area contributed by atoms with Gasteiger partial charge in [-0.25, -0.2) is 0 Å². The van der Waals surface area contributed by atoms with Crippen LogP contribution in [0.25, 0.3) is 0 Å². The Kier molecular flexibility index (Phi) is 3.77. The molecule has 116 valence electrons. The van der Waals surface area contributed by atoms with Crippen LogP contribution in [-0.2, 0) is 5.54 Å². The van der Waals surface area contributed by atoms with Crippen LogP contribution in [-0.4, -0.2) is 24.7 Å². The van der Waals surface area contributed by atoms with Crippen molar-refractivity contribution in [3.8, 4) is 0 Å². The summed E-state index contributed by atoms with van der Waals surface area (Å²) in [6, 6.07) is 8.03. The molecule has 2 unspecified atom stereocenters. The summed E-state index contributed by atoms with van der Waals surface area (Å²) in [5.41, 5.74) is 4.67. The van der Waals surface area contributed by atoms with Crippen LogP contribution in [0.2, 0.25) is 0 Å². The average Bonchev–Trinajstić information content (AvgIpc) is 3.34. The molecule has 2 nitrogen and oxygen atoms in total. The van der Waals surface area contributed by atoms with Gasteiger partial charge in [-0.05, 0) is 55.7 Å². The van der Waals surface area contributed by atoms with Crippen LogP contribution in [0.5, 0.6) is 0 Å². The molecule has 1 aliphatic carbocycles. The summed E-state index contributed by atoms with van der Waals surface area (Å²) in [5.74, 6) is 0.651. The second-order valence-electron chi connectivity index (χ2n) is 7.25. The van der Waals surface area contributed by atoms with Gasteiger partial charge in [-0.3, -0.25) is 4.90 Å². The van der Waals surface area contributed by atoms with E-state index < -0.39 is 0 Å². The van der Waals surface area contributed by atoms with E-state index in [1.807, 2.05) is 0 Å². The van der Waals surface area contributed by atoms with E-state index in [1.165, 1.54) is 42.5 Å². The smallest absolute Gasteiger partial charge is 0.0713 e. The zero-order valence-electron chi connectivity index (χ0n) is 14.3. The molecular weight excluding hydrogens is 256 g/mol. The zero-order valence-corrected chi connectivity index (χ0v) is 14.3. The first-order valence-electron chi connectivity index (χ1n) is 8.63. The lowest BCUT2D eigenvalue weighted by molar-refractivity contribution is 0.0797. The maximum Gasteiger partial charge on any atom is 0.0713 e. The van der Waals surface area contributed by atoms with Crippen molar-refractivity contribution in [2.24, 2.45) is 0 Å². The van der Waals surface area contributed by atoms with E-state index in [2.05, 4.69) is 62.7 Å². The molecule has 1 fully saturated rings. The standard InChI is InChI=1S/C19H30N2/c1-6-14(3)15-8-11-17-18(12-15)20(5)13-21(16-9-10-16)19(17,4)7-2/h8,11-12,14,16H,6-7,9-10,13H2,1-5H3. The molecule has 1 saturated carbocycles. The van der Waals surface area contributed by atoms with E-state index in [9.17, 15) is 0 Å². The van der Waals surface area contributed by atoms with Crippen LogP contribution >= 0.6 is 0 Å². The van der Waals surface area contributed by atoms with Gasteiger partial charge in [0, 0.05) is 24.3 Å². The van der Waals surface area contributed by atoms with Gasteiger partial charge in [-0.15, -0.1) is 0 Å². The summed E-state index contributed by atoms with van der Waals surface area (Å²) in [5, 5.41) is 0. The van der Waals surface area contributed by atoms with E-state index in [1.54, 1.807) is 0 Å². The summed E-state index contributed by atoms with van der Waals surface area (Å²) >= 11 is 0. The van der Waals surface area contributed by atoms with Gasteiger partial charge < -0.3 is 4.90 Å². The first-order chi connectivity index (χ1) is 10.0. The van der Waals surface area contributed by atoms with Crippen LogP contribution in [0, 0.1) is 0 Å². The minimum absolute atomic E-state index is 0.205. The van der Waals surface area contributed by atoms with E-state index in [0.29, 0.717) is 5.92 Å². The van der Waals surface area contributed by atoms with Crippen molar-refractivity contribution in [1.29, 1.82) is 0 Å². The van der Waals surface area contributed by atoms with Gasteiger partial charge in [0.15, 0.2) is 0 Å². The van der Waals surface area contributed by atoms with Crippen molar-refractivity contribution in [2.75, 3.05) is 18.6 Å². The molecule has 0 radical (unpaired) electrons. The minimum Gasteiger partial charge on any atom is -0.361 e. The first kappa shape index (κ1) is 14.9. The lowest BCUT2D eigenvalue weighted by Crippen LogP contribution is -2.54. The third-order valence-electron chi connectivity index (χ3n) is 5.87. The van der Waals surface area contributed by atoms with Gasteiger partial charge in [0.25, 0.3) is 0 Å². The van der Waals surface area contributed by atoms with E-state index in [-0.39, 0.29) is 5.54 Å². The minimum atomic E-state index is 0.205. The molecule has 0 N–H and O–H groups in total. The fraction of sp³-hybridized carbons (Fsp3) is 0.684. The number of nitrogens with zero attached hydrogens (tertiary/aromatic N) is 2. The SMILES string of the molecule is CCC(C)c1ccc2c(c1)N(C)CN(C1CC1)C2(C)CC. The Hall–Kier alpha value is -1.02. The molecule has 0 amide bonds. The quantitative estimate of drug-likeness (QED) is 0.792. The number of hydrogen-bond acceptors (Lipinski definition) is 2. The highest BCUT2D eigenvalue weighted by atomic mass is 15.4. The summed E-state index contributed by atoms with van der Waals surface area (Å²) in [6.45, 7) is 10.5. The number of fused-ring (bicyclic) bond motifs is 1. The molecule has 0 aromatic heterocycles. The lowest BCUT2D eigenvalue weighted by atomic mass is 9.82. The molecule has 1 aliphatic heterocycles. The third kappa shape index (κ3) is 2.38. The number of anilines is 1. The molecule has 2 aliphatic rings. The Morgan fingerprint density at radius 3 is 2.57 bits per heavy atom. The Labute approximate surface area is 130 Å². The van der Waals surface area contributed by atoms with E-state index in [4.69, 9.17) is 0 Å². The van der Waals surface area contributed by atoms with E-state index in [0.717, 1.165) is 12.7 Å². The van der Waals surface area contributed by atoms with Gasteiger partial charge in [0.05, 0.1) is 6.67 Å². The molecule has 2 atom stereocenters. The molecule has 0 saturated heterocycles. The van der Waals surface area contributed by atoms with Crippen molar-refractivity contribution in [3.63, 3.8) is 0 Å². The fourth-order valence-corrected chi connectivity index (χ4v) is 3.78. The lowest BCUT2D eigenvalue weighted by Gasteiger charge is -2.50. The van der Waals surface area contributed by atoms with Crippen molar-refractivity contribution < 1.29 is 0 Å². The van der Waals surface area contributed by atoms with Crippen molar-refractivity contribution in [1.82, 2.24) is 4.90 Å². The Bertz CT molecular complexity index is 520.